The molecular formula is C20H17ClN2O3S. The minimum Gasteiger partial charge on any atom is -0.481 e. The van der Waals surface area contributed by atoms with E-state index in [0.29, 0.717) is 10.7 Å². The molecule has 1 heterocycles. The molecule has 3 N–H and O–H groups in total. The van der Waals surface area contributed by atoms with Gasteiger partial charge >= 0.3 is 5.97 Å². The van der Waals surface area contributed by atoms with Gasteiger partial charge in [0.1, 0.15) is 11.6 Å². The first-order chi connectivity index (χ1) is 12.9. The van der Waals surface area contributed by atoms with E-state index in [-0.39, 0.29) is 6.42 Å². The highest BCUT2D eigenvalue weighted by molar-refractivity contribution is 7.17. The number of carbonyl (C=O) groups excluding carboxylic acids is 1. The van der Waals surface area contributed by atoms with E-state index >= 15 is 0 Å². The third kappa shape index (κ3) is 3.86. The van der Waals surface area contributed by atoms with Gasteiger partial charge in [-0.15, -0.1) is 11.3 Å². The highest BCUT2D eigenvalue weighted by Crippen LogP contribution is 2.38. The second-order valence-electron chi connectivity index (χ2n) is 6.00. The number of nitrogens with one attached hydrogen (secondary N) is 2. The maximum atomic E-state index is 12.5. The van der Waals surface area contributed by atoms with E-state index in [1.165, 1.54) is 0 Å². The molecule has 1 amide bonds. The molecule has 1 aromatic heterocycles. The SMILES string of the molecule is CC[C@H](C(=N)C(=O)Nc1cc(Cl)ccc1-c1csc2ccccc12)C(=O)O. The van der Waals surface area contributed by atoms with E-state index < -0.39 is 23.5 Å². The quantitative estimate of drug-likeness (QED) is 0.491. The number of hydrogen-bond acceptors (Lipinski definition) is 4. The van der Waals surface area contributed by atoms with Crippen LogP contribution < -0.4 is 5.32 Å². The number of rotatable bonds is 6. The Hall–Kier alpha value is -2.70. The summed E-state index contributed by atoms with van der Waals surface area (Å²) >= 11 is 7.70. The van der Waals surface area contributed by atoms with Crippen molar-refractivity contribution in [3.63, 3.8) is 0 Å². The van der Waals surface area contributed by atoms with Crippen molar-refractivity contribution in [1.29, 1.82) is 5.41 Å². The molecule has 7 heteroatoms. The van der Waals surface area contributed by atoms with Crippen LogP contribution in [0.15, 0.2) is 47.8 Å². The van der Waals surface area contributed by atoms with Crippen molar-refractivity contribution in [3.05, 3.63) is 52.9 Å². The van der Waals surface area contributed by atoms with Crippen molar-refractivity contribution in [1.82, 2.24) is 0 Å². The number of benzene rings is 2. The summed E-state index contributed by atoms with van der Waals surface area (Å²) < 4.78 is 1.12. The minimum absolute atomic E-state index is 0.166. The monoisotopic (exact) mass is 400 g/mol. The predicted octanol–water partition coefficient (Wildman–Crippen LogP) is 5.29. The summed E-state index contributed by atoms with van der Waals surface area (Å²) in [5.41, 5.74) is 1.67. The van der Waals surface area contributed by atoms with Gasteiger partial charge in [-0.1, -0.05) is 42.8 Å². The second-order valence-corrected chi connectivity index (χ2v) is 7.35. The summed E-state index contributed by atoms with van der Waals surface area (Å²) in [5.74, 6) is -3.07. The molecule has 5 nitrogen and oxygen atoms in total. The van der Waals surface area contributed by atoms with Crippen LogP contribution in [-0.2, 0) is 9.59 Å². The zero-order valence-corrected chi connectivity index (χ0v) is 16.0. The molecule has 0 aliphatic carbocycles. The van der Waals surface area contributed by atoms with Crippen molar-refractivity contribution >= 4 is 56.3 Å². The second kappa shape index (κ2) is 7.90. The molecule has 0 fully saturated rings. The Labute approximate surface area is 165 Å². The Morgan fingerprint density at radius 1 is 1.22 bits per heavy atom. The lowest BCUT2D eigenvalue weighted by Crippen LogP contribution is -2.33. The summed E-state index contributed by atoms with van der Waals surface area (Å²) in [7, 11) is 0. The summed E-state index contributed by atoms with van der Waals surface area (Å²) in [6.45, 7) is 1.63. The van der Waals surface area contributed by atoms with Gasteiger partial charge in [0, 0.05) is 26.2 Å². The highest BCUT2D eigenvalue weighted by atomic mass is 35.5. The van der Waals surface area contributed by atoms with Crippen LogP contribution in [0, 0.1) is 11.3 Å². The van der Waals surface area contributed by atoms with E-state index in [2.05, 4.69) is 5.32 Å². The Morgan fingerprint density at radius 3 is 2.67 bits per heavy atom. The highest BCUT2D eigenvalue weighted by Gasteiger charge is 2.26. The van der Waals surface area contributed by atoms with Crippen LogP contribution in [-0.4, -0.2) is 22.7 Å². The fraction of sp³-hybridized carbons (Fsp3) is 0.150. The molecule has 0 saturated heterocycles. The van der Waals surface area contributed by atoms with Gasteiger partial charge < -0.3 is 10.4 Å². The van der Waals surface area contributed by atoms with Crippen molar-refractivity contribution in [2.24, 2.45) is 5.92 Å². The maximum absolute atomic E-state index is 12.5. The third-order valence-electron chi connectivity index (χ3n) is 4.30. The molecular weight excluding hydrogens is 384 g/mol. The van der Waals surface area contributed by atoms with Crippen molar-refractivity contribution < 1.29 is 14.7 Å². The summed E-state index contributed by atoms with van der Waals surface area (Å²) in [5, 5.41) is 23.3. The first-order valence-corrected chi connectivity index (χ1v) is 9.57. The van der Waals surface area contributed by atoms with Crippen LogP contribution in [0.2, 0.25) is 5.02 Å². The first-order valence-electron chi connectivity index (χ1n) is 8.31. The first kappa shape index (κ1) is 19.1. The number of anilines is 1. The van der Waals surface area contributed by atoms with E-state index in [9.17, 15) is 14.7 Å². The summed E-state index contributed by atoms with van der Waals surface area (Å²) in [6.07, 6.45) is 0.166. The number of carboxylic acids is 1. The predicted molar refractivity (Wildman–Crippen MR) is 110 cm³/mol. The van der Waals surface area contributed by atoms with E-state index in [1.807, 2.05) is 35.7 Å². The van der Waals surface area contributed by atoms with Crippen molar-refractivity contribution in [3.8, 4) is 11.1 Å². The van der Waals surface area contributed by atoms with Crippen LogP contribution in [0.4, 0.5) is 5.69 Å². The smallest absolute Gasteiger partial charge is 0.312 e. The van der Waals surface area contributed by atoms with Gasteiger partial charge in [0.15, 0.2) is 0 Å². The standard InChI is InChI=1S/C20H17ClN2O3S/c1-2-12(20(25)26)18(22)19(24)23-16-9-11(21)7-8-13(16)15-10-27-17-6-4-3-5-14(15)17/h3-10,12,22H,2H2,1H3,(H,23,24)(H,25,26)/t12-/m1/s1. The van der Waals surface area contributed by atoms with Crippen LogP contribution >= 0.6 is 22.9 Å². The number of fused-ring (bicyclic) bond motifs is 1. The minimum atomic E-state index is -1.19. The number of hydrogen-bond donors (Lipinski definition) is 3. The lowest BCUT2D eigenvalue weighted by Gasteiger charge is -2.14. The van der Waals surface area contributed by atoms with Crippen LogP contribution in [0.5, 0.6) is 0 Å². The van der Waals surface area contributed by atoms with Crippen LogP contribution in [0.3, 0.4) is 0 Å². The molecule has 3 aromatic rings. The molecule has 0 spiro atoms. The fourth-order valence-corrected chi connectivity index (χ4v) is 4.02. The molecule has 1 atom stereocenters. The molecule has 27 heavy (non-hydrogen) atoms. The molecule has 0 aliphatic rings. The van der Waals surface area contributed by atoms with Gasteiger partial charge in [0.2, 0.25) is 0 Å². The Kier molecular flexibility index (Phi) is 5.58. The number of amides is 1. The number of carboxylic acid groups (broad SMARTS) is 1. The molecule has 0 saturated carbocycles. The van der Waals surface area contributed by atoms with Gasteiger partial charge in [-0.3, -0.25) is 15.0 Å². The molecule has 0 unspecified atom stereocenters. The molecule has 3 rings (SSSR count). The molecule has 0 aliphatic heterocycles. The van der Waals surface area contributed by atoms with E-state index in [1.54, 1.807) is 30.4 Å². The average molecular weight is 401 g/mol. The maximum Gasteiger partial charge on any atom is 0.312 e. The molecule has 0 radical (unpaired) electrons. The zero-order valence-electron chi connectivity index (χ0n) is 14.5. The molecule has 0 bridgehead atoms. The van der Waals surface area contributed by atoms with Crippen molar-refractivity contribution in [2.45, 2.75) is 13.3 Å². The van der Waals surface area contributed by atoms with Gasteiger partial charge in [-0.25, -0.2) is 0 Å². The van der Waals surface area contributed by atoms with Gasteiger partial charge in [-0.05, 0) is 30.0 Å². The Balaban J connectivity index is 1.99. The van der Waals surface area contributed by atoms with Gasteiger partial charge in [0.05, 0.1) is 5.69 Å². The van der Waals surface area contributed by atoms with Crippen molar-refractivity contribution in [2.75, 3.05) is 5.32 Å². The number of thiophene rings is 1. The number of carbonyl (C=O) groups is 2. The number of aliphatic carboxylic acids is 1. The summed E-state index contributed by atoms with van der Waals surface area (Å²) in [4.78, 5) is 23.7. The summed E-state index contributed by atoms with van der Waals surface area (Å²) in [6, 6.07) is 13.1. The van der Waals surface area contributed by atoms with E-state index in [0.717, 1.165) is 21.2 Å². The van der Waals surface area contributed by atoms with Crippen LogP contribution in [0.1, 0.15) is 13.3 Å². The number of halogens is 1. The lowest BCUT2D eigenvalue weighted by molar-refractivity contribution is -0.139. The topological polar surface area (TPSA) is 90.3 Å². The van der Waals surface area contributed by atoms with E-state index in [4.69, 9.17) is 17.0 Å². The Bertz CT molecular complexity index is 1040. The normalized spacial score (nSPS) is 11.9. The molecule has 138 valence electrons. The lowest BCUT2D eigenvalue weighted by atomic mass is 9.99. The third-order valence-corrected chi connectivity index (χ3v) is 5.50. The average Bonchev–Trinajstić information content (AvgIpc) is 3.06. The molecule has 2 aromatic carbocycles. The van der Waals surface area contributed by atoms with Crippen LogP contribution in [0.25, 0.3) is 21.2 Å². The zero-order chi connectivity index (χ0) is 19.6. The van der Waals surface area contributed by atoms with Gasteiger partial charge in [-0.2, -0.15) is 0 Å². The van der Waals surface area contributed by atoms with Gasteiger partial charge in [0.25, 0.3) is 5.91 Å². The Morgan fingerprint density at radius 2 is 1.96 bits per heavy atom. The largest absolute Gasteiger partial charge is 0.481 e. The fourth-order valence-electron chi connectivity index (χ4n) is 2.89.